The standard InChI is InChI=1S/C18H30N2O2/c21-17(11-19-10-16-2-1-3-22-16)20-12-18-7-13-4-14(8-18)6-15(5-13)9-18/h13-16,19H,1-12H2,(H,20,21). The second kappa shape index (κ2) is 6.12. The molecule has 5 aliphatic rings. The highest BCUT2D eigenvalue weighted by Gasteiger charge is 2.50. The lowest BCUT2D eigenvalue weighted by atomic mass is 9.49. The predicted molar refractivity (Wildman–Crippen MR) is 85.5 cm³/mol. The molecule has 2 N–H and O–H groups in total. The Kier molecular flexibility index (Phi) is 4.16. The number of hydrogen-bond acceptors (Lipinski definition) is 3. The first-order valence-corrected chi connectivity index (χ1v) is 9.30. The van der Waals surface area contributed by atoms with E-state index in [1.807, 2.05) is 0 Å². The minimum absolute atomic E-state index is 0.161. The lowest BCUT2D eigenvalue weighted by Gasteiger charge is -2.56. The molecular formula is C18H30N2O2. The normalized spacial score (nSPS) is 42.7. The van der Waals surface area contributed by atoms with Gasteiger partial charge in [-0.2, -0.15) is 0 Å². The van der Waals surface area contributed by atoms with Gasteiger partial charge >= 0.3 is 0 Å². The quantitative estimate of drug-likeness (QED) is 0.790. The summed E-state index contributed by atoms with van der Waals surface area (Å²) in [6.45, 7) is 3.04. The molecule has 4 bridgehead atoms. The molecule has 1 atom stereocenters. The maximum Gasteiger partial charge on any atom is 0.233 e. The zero-order chi connectivity index (χ0) is 15.0. The van der Waals surface area contributed by atoms with Crippen molar-refractivity contribution in [3.8, 4) is 0 Å². The number of hydrogen-bond donors (Lipinski definition) is 2. The van der Waals surface area contributed by atoms with Crippen molar-refractivity contribution in [2.24, 2.45) is 23.2 Å². The van der Waals surface area contributed by atoms with Crippen LogP contribution >= 0.6 is 0 Å². The van der Waals surface area contributed by atoms with Crippen molar-refractivity contribution < 1.29 is 9.53 Å². The molecule has 5 fully saturated rings. The summed E-state index contributed by atoms with van der Waals surface area (Å²) in [5, 5.41) is 6.47. The van der Waals surface area contributed by atoms with E-state index in [4.69, 9.17) is 4.74 Å². The van der Waals surface area contributed by atoms with Crippen molar-refractivity contribution in [2.45, 2.75) is 57.5 Å². The lowest BCUT2D eigenvalue weighted by molar-refractivity contribution is -0.122. The highest BCUT2D eigenvalue weighted by molar-refractivity contribution is 5.78. The summed E-state index contributed by atoms with van der Waals surface area (Å²) < 4.78 is 5.57. The van der Waals surface area contributed by atoms with E-state index >= 15 is 0 Å². The van der Waals surface area contributed by atoms with E-state index in [0.29, 0.717) is 18.1 Å². The maximum absolute atomic E-state index is 12.1. The number of rotatable bonds is 6. The van der Waals surface area contributed by atoms with Gasteiger partial charge in [-0.15, -0.1) is 0 Å². The molecule has 4 aliphatic carbocycles. The van der Waals surface area contributed by atoms with Crippen molar-refractivity contribution in [1.82, 2.24) is 10.6 Å². The average molecular weight is 306 g/mol. The van der Waals surface area contributed by atoms with Crippen LogP contribution in [-0.4, -0.2) is 38.3 Å². The molecule has 4 nitrogen and oxygen atoms in total. The second-order valence-corrected chi connectivity index (χ2v) is 8.46. The highest BCUT2D eigenvalue weighted by Crippen LogP contribution is 2.59. The molecule has 1 aliphatic heterocycles. The molecule has 1 heterocycles. The van der Waals surface area contributed by atoms with E-state index in [1.54, 1.807) is 0 Å². The Balaban J connectivity index is 1.20. The van der Waals surface area contributed by atoms with Crippen LogP contribution in [0.5, 0.6) is 0 Å². The van der Waals surface area contributed by atoms with Crippen LogP contribution in [0.1, 0.15) is 51.4 Å². The van der Waals surface area contributed by atoms with Crippen LogP contribution in [0.3, 0.4) is 0 Å². The maximum atomic E-state index is 12.1. The van der Waals surface area contributed by atoms with Crippen molar-refractivity contribution >= 4 is 5.91 Å². The lowest BCUT2D eigenvalue weighted by Crippen LogP contribution is -2.52. The minimum Gasteiger partial charge on any atom is -0.377 e. The summed E-state index contributed by atoms with van der Waals surface area (Å²) in [6, 6.07) is 0. The van der Waals surface area contributed by atoms with E-state index in [-0.39, 0.29) is 5.91 Å². The molecular weight excluding hydrogens is 276 g/mol. The van der Waals surface area contributed by atoms with Gasteiger partial charge in [-0.3, -0.25) is 4.79 Å². The molecule has 0 aromatic carbocycles. The summed E-state index contributed by atoms with van der Waals surface area (Å²) in [4.78, 5) is 12.1. The SMILES string of the molecule is O=C(CNCC1CCCO1)NCC12CC3CC(CC(C3)C1)C2. The van der Waals surface area contributed by atoms with Crippen molar-refractivity contribution in [3.05, 3.63) is 0 Å². The molecule has 5 rings (SSSR count). The summed E-state index contributed by atoms with van der Waals surface area (Å²) in [5.41, 5.74) is 0.443. The molecule has 0 radical (unpaired) electrons. The molecule has 1 saturated heterocycles. The van der Waals surface area contributed by atoms with Crippen molar-refractivity contribution in [1.29, 1.82) is 0 Å². The van der Waals surface area contributed by atoms with Gasteiger partial charge in [0.05, 0.1) is 12.6 Å². The number of nitrogens with one attached hydrogen (secondary N) is 2. The highest BCUT2D eigenvalue weighted by atomic mass is 16.5. The molecule has 0 spiro atoms. The van der Waals surface area contributed by atoms with Crippen LogP contribution in [0.15, 0.2) is 0 Å². The fourth-order valence-corrected chi connectivity index (χ4v) is 6.01. The zero-order valence-electron chi connectivity index (χ0n) is 13.6. The first-order chi connectivity index (χ1) is 10.7. The molecule has 4 heteroatoms. The van der Waals surface area contributed by atoms with Gasteiger partial charge in [0.2, 0.25) is 5.91 Å². The molecule has 1 amide bonds. The van der Waals surface area contributed by atoms with Gasteiger partial charge < -0.3 is 15.4 Å². The predicted octanol–water partition coefficient (Wildman–Crippen LogP) is 2.09. The first kappa shape index (κ1) is 14.9. The van der Waals surface area contributed by atoms with Gasteiger partial charge in [0.1, 0.15) is 0 Å². The summed E-state index contributed by atoms with van der Waals surface area (Å²) in [6.07, 6.45) is 11.1. The number of amides is 1. The van der Waals surface area contributed by atoms with Gasteiger partial charge in [-0.25, -0.2) is 0 Å². The van der Waals surface area contributed by atoms with Crippen LogP contribution in [0.4, 0.5) is 0 Å². The summed E-state index contributed by atoms with van der Waals surface area (Å²) in [7, 11) is 0. The molecule has 0 aromatic rings. The third kappa shape index (κ3) is 3.18. The number of ether oxygens (including phenoxy) is 1. The fraction of sp³-hybridized carbons (Fsp3) is 0.944. The number of carbonyl (C=O) groups excluding carboxylic acids is 1. The molecule has 124 valence electrons. The van der Waals surface area contributed by atoms with Crippen LogP contribution in [0, 0.1) is 23.2 Å². The Morgan fingerprint density at radius 2 is 1.77 bits per heavy atom. The van der Waals surface area contributed by atoms with Crippen LogP contribution in [-0.2, 0) is 9.53 Å². The Labute approximate surface area is 133 Å². The van der Waals surface area contributed by atoms with E-state index in [0.717, 1.165) is 50.3 Å². The van der Waals surface area contributed by atoms with Crippen molar-refractivity contribution in [3.63, 3.8) is 0 Å². The molecule has 4 saturated carbocycles. The Morgan fingerprint density at radius 1 is 1.09 bits per heavy atom. The van der Waals surface area contributed by atoms with Gasteiger partial charge in [0, 0.05) is 19.7 Å². The van der Waals surface area contributed by atoms with Gasteiger partial charge in [-0.05, 0) is 74.5 Å². The molecule has 22 heavy (non-hydrogen) atoms. The third-order valence-electron chi connectivity index (χ3n) is 6.51. The van der Waals surface area contributed by atoms with Gasteiger partial charge in [0.15, 0.2) is 0 Å². The summed E-state index contributed by atoms with van der Waals surface area (Å²) in [5.74, 6) is 3.04. The van der Waals surface area contributed by atoms with Crippen molar-refractivity contribution in [2.75, 3.05) is 26.2 Å². The van der Waals surface area contributed by atoms with E-state index in [9.17, 15) is 4.79 Å². The van der Waals surface area contributed by atoms with Crippen LogP contribution < -0.4 is 10.6 Å². The Bertz CT molecular complexity index is 382. The zero-order valence-corrected chi connectivity index (χ0v) is 13.6. The minimum atomic E-state index is 0.161. The van der Waals surface area contributed by atoms with E-state index in [1.165, 1.54) is 38.5 Å². The van der Waals surface area contributed by atoms with E-state index < -0.39 is 0 Å². The second-order valence-electron chi connectivity index (χ2n) is 8.46. The van der Waals surface area contributed by atoms with Crippen LogP contribution in [0.2, 0.25) is 0 Å². The Hall–Kier alpha value is -0.610. The topological polar surface area (TPSA) is 50.4 Å². The van der Waals surface area contributed by atoms with Crippen LogP contribution in [0.25, 0.3) is 0 Å². The molecule has 1 unspecified atom stereocenters. The fourth-order valence-electron chi connectivity index (χ4n) is 6.01. The molecule has 0 aromatic heterocycles. The largest absolute Gasteiger partial charge is 0.377 e. The van der Waals surface area contributed by atoms with E-state index in [2.05, 4.69) is 10.6 Å². The first-order valence-electron chi connectivity index (χ1n) is 9.30. The Morgan fingerprint density at radius 3 is 2.36 bits per heavy atom. The summed E-state index contributed by atoms with van der Waals surface area (Å²) >= 11 is 0. The van der Waals surface area contributed by atoms with Gasteiger partial charge in [-0.1, -0.05) is 0 Å². The number of carbonyl (C=O) groups is 1. The average Bonchev–Trinajstić information content (AvgIpc) is 2.97. The third-order valence-corrected chi connectivity index (χ3v) is 6.51. The monoisotopic (exact) mass is 306 g/mol. The van der Waals surface area contributed by atoms with Gasteiger partial charge in [0.25, 0.3) is 0 Å². The smallest absolute Gasteiger partial charge is 0.233 e.